The molecule has 1 aliphatic carbocycles. The standard InChI is InChI=1S/C22H22N6.CH3NO/c1-14-3-4-17(20-11-18(13-26-28-20)15-5-6-15)9-19(14)16-7-8-25-21(10-16)22(12-23)27-24-2;2-1-3/h3-4,7-13,15,23-24H,5-6H2,1-2H3;1H,(H2,2,3)/b23-12?,27-22+;. The molecule has 8 heteroatoms. The number of primary amides is 1. The number of nitrogens with zero attached hydrogens (tertiary/aromatic N) is 4. The number of nitrogens with two attached hydrogens (primary N) is 1. The molecule has 0 saturated heterocycles. The van der Waals surface area contributed by atoms with Crippen molar-refractivity contribution in [2.75, 3.05) is 7.05 Å². The highest BCUT2D eigenvalue weighted by atomic mass is 16.1. The van der Waals surface area contributed by atoms with Crippen LogP contribution >= 0.6 is 0 Å². The summed E-state index contributed by atoms with van der Waals surface area (Å²) in [7, 11) is 1.71. The highest BCUT2D eigenvalue weighted by molar-refractivity contribution is 6.36. The Bertz CT molecular complexity index is 1110. The van der Waals surface area contributed by atoms with Gasteiger partial charge >= 0.3 is 0 Å². The Morgan fingerprint density at radius 1 is 1.23 bits per heavy atom. The average Bonchev–Trinajstić information content (AvgIpc) is 3.64. The van der Waals surface area contributed by atoms with Crippen molar-refractivity contribution < 1.29 is 4.79 Å². The summed E-state index contributed by atoms with van der Waals surface area (Å²) < 4.78 is 0. The van der Waals surface area contributed by atoms with Crippen LogP contribution in [0.2, 0.25) is 0 Å². The van der Waals surface area contributed by atoms with Crippen LogP contribution in [0.15, 0.2) is 53.9 Å². The van der Waals surface area contributed by atoms with E-state index in [1.165, 1.54) is 24.6 Å². The largest absolute Gasteiger partial charge is 0.372 e. The van der Waals surface area contributed by atoms with Crippen molar-refractivity contribution >= 4 is 18.3 Å². The number of hydrogen-bond acceptors (Lipinski definition) is 7. The zero-order valence-corrected chi connectivity index (χ0v) is 17.5. The SMILES string of the molecule is CN/N=C(\C=N)c1cc(-c2cc(-c3cc(C4CC4)cnn3)ccc2C)ccn1.NC=O. The molecule has 31 heavy (non-hydrogen) atoms. The van der Waals surface area contributed by atoms with Crippen molar-refractivity contribution in [3.63, 3.8) is 0 Å². The van der Waals surface area contributed by atoms with Gasteiger partial charge in [-0.25, -0.2) is 0 Å². The Balaban J connectivity index is 0.000000858. The molecule has 3 aromatic rings. The summed E-state index contributed by atoms with van der Waals surface area (Å²) in [6.45, 7) is 2.09. The lowest BCUT2D eigenvalue weighted by Crippen LogP contribution is -2.10. The molecule has 0 radical (unpaired) electrons. The lowest BCUT2D eigenvalue weighted by molar-refractivity contribution is -0.106. The van der Waals surface area contributed by atoms with Crippen LogP contribution in [0.1, 0.15) is 35.6 Å². The molecular formula is C23H25N7O. The van der Waals surface area contributed by atoms with E-state index in [0.717, 1.165) is 27.9 Å². The summed E-state index contributed by atoms with van der Waals surface area (Å²) in [6.07, 6.45) is 7.57. The van der Waals surface area contributed by atoms with Crippen LogP contribution in [0, 0.1) is 12.3 Å². The van der Waals surface area contributed by atoms with Crippen LogP contribution in [0.3, 0.4) is 0 Å². The highest BCUT2D eigenvalue weighted by Crippen LogP contribution is 2.40. The van der Waals surface area contributed by atoms with Gasteiger partial charge in [0.25, 0.3) is 0 Å². The molecule has 4 rings (SSSR count). The van der Waals surface area contributed by atoms with Crippen LogP contribution in [0.5, 0.6) is 0 Å². The molecule has 2 aromatic heterocycles. The van der Waals surface area contributed by atoms with E-state index in [2.05, 4.69) is 62.6 Å². The van der Waals surface area contributed by atoms with Gasteiger partial charge in [0, 0.05) is 25.0 Å². The molecule has 4 N–H and O–H groups in total. The van der Waals surface area contributed by atoms with Crippen molar-refractivity contribution in [2.24, 2.45) is 10.8 Å². The smallest absolute Gasteiger partial charge is 0.204 e. The zero-order chi connectivity index (χ0) is 22.2. The molecule has 158 valence electrons. The van der Waals surface area contributed by atoms with Crippen LogP contribution in [0.25, 0.3) is 22.4 Å². The predicted molar refractivity (Wildman–Crippen MR) is 122 cm³/mol. The zero-order valence-electron chi connectivity index (χ0n) is 17.5. The molecule has 0 spiro atoms. The summed E-state index contributed by atoms with van der Waals surface area (Å²) in [4.78, 5) is 12.9. The summed E-state index contributed by atoms with van der Waals surface area (Å²) in [5.41, 5.74) is 14.5. The summed E-state index contributed by atoms with van der Waals surface area (Å²) >= 11 is 0. The number of hydrazone groups is 1. The van der Waals surface area contributed by atoms with Gasteiger partial charge in [-0.15, -0.1) is 0 Å². The third-order valence-electron chi connectivity index (χ3n) is 4.96. The third-order valence-corrected chi connectivity index (χ3v) is 4.96. The van der Waals surface area contributed by atoms with Crippen molar-refractivity contribution in [1.82, 2.24) is 20.6 Å². The molecule has 1 amide bonds. The number of aromatic nitrogens is 3. The first-order valence-corrected chi connectivity index (χ1v) is 9.92. The first kappa shape index (κ1) is 21.8. The van der Waals surface area contributed by atoms with Gasteiger partial charge in [-0.3, -0.25) is 9.78 Å². The van der Waals surface area contributed by atoms with Gasteiger partial charge in [0.1, 0.15) is 5.71 Å². The second-order valence-electron chi connectivity index (χ2n) is 7.11. The summed E-state index contributed by atoms with van der Waals surface area (Å²) in [5, 5.41) is 20.2. The lowest BCUT2D eigenvalue weighted by atomic mass is 9.96. The van der Waals surface area contributed by atoms with E-state index in [1.807, 2.05) is 18.3 Å². The molecule has 0 atom stereocenters. The van der Waals surface area contributed by atoms with Gasteiger partial charge in [0.2, 0.25) is 6.41 Å². The van der Waals surface area contributed by atoms with E-state index in [0.29, 0.717) is 17.3 Å². The number of pyridine rings is 1. The Labute approximate surface area is 181 Å². The third kappa shape index (κ3) is 5.36. The molecule has 1 fully saturated rings. The van der Waals surface area contributed by atoms with E-state index >= 15 is 0 Å². The molecule has 1 aromatic carbocycles. The topological polar surface area (TPSA) is 130 Å². The van der Waals surface area contributed by atoms with E-state index < -0.39 is 0 Å². The Morgan fingerprint density at radius 2 is 2.00 bits per heavy atom. The van der Waals surface area contributed by atoms with Gasteiger partial charge in [-0.1, -0.05) is 12.1 Å². The second kappa shape index (κ2) is 10.2. The minimum atomic E-state index is 0.250. The maximum atomic E-state index is 8.58. The molecule has 2 heterocycles. The van der Waals surface area contributed by atoms with Crippen molar-refractivity contribution in [1.29, 1.82) is 5.41 Å². The summed E-state index contributed by atoms with van der Waals surface area (Å²) in [5.74, 6) is 0.646. The van der Waals surface area contributed by atoms with E-state index in [9.17, 15) is 0 Å². The van der Waals surface area contributed by atoms with E-state index in [1.54, 1.807) is 13.2 Å². The predicted octanol–water partition coefficient (Wildman–Crippen LogP) is 3.07. The minimum Gasteiger partial charge on any atom is -0.372 e. The van der Waals surface area contributed by atoms with Crippen LogP contribution < -0.4 is 11.2 Å². The molecule has 0 bridgehead atoms. The van der Waals surface area contributed by atoms with Gasteiger partial charge in [0.05, 0.1) is 17.6 Å². The van der Waals surface area contributed by atoms with Gasteiger partial charge in [-0.05, 0) is 72.2 Å². The molecule has 0 unspecified atom stereocenters. The Hall–Kier alpha value is -3.94. The number of hydrogen-bond donors (Lipinski definition) is 3. The number of nitrogens with one attached hydrogen (secondary N) is 2. The molecule has 0 aliphatic heterocycles. The van der Waals surface area contributed by atoms with Crippen LogP contribution in [-0.2, 0) is 4.79 Å². The molecule has 8 nitrogen and oxygen atoms in total. The Morgan fingerprint density at radius 3 is 2.68 bits per heavy atom. The van der Waals surface area contributed by atoms with Crippen molar-refractivity contribution in [3.8, 4) is 22.4 Å². The van der Waals surface area contributed by atoms with Gasteiger partial charge < -0.3 is 16.6 Å². The lowest BCUT2D eigenvalue weighted by Gasteiger charge is -2.11. The Kier molecular flexibility index (Phi) is 7.16. The monoisotopic (exact) mass is 415 g/mol. The average molecular weight is 416 g/mol. The number of carbonyl (C=O) groups excluding carboxylic acids is 1. The number of carbonyl (C=O) groups is 1. The van der Waals surface area contributed by atoms with Crippen molar-refractivity contribution in [2.45, 2.75) is 25.7 Å². The van der Waals surface area contributed by atoms with Gasteiger partial charge in [-0.2, -0.15) is 15.3 Å². The quantitative estimate of drug-likeness (QED) is 0.324. The van der Waals surface area contributed by atoms with Crippen LogP contribution in [-0.4, -0.2) is 40.6 Å². The summed E-state index contributed by atoms with van der Waals surface area (Å²) in [6, 6.07) is 12.4. The first-order chi connectivity index (χ1) is 15.1. The number of rotatable bonds is 6. The second-order valence-corrected chi connectivity index (χ2v) is 7.11. The first-order valence-electron chi connectivity index (χ1n) is 9.92. The fourth-order valence-electron chi connectivity index (χ4n) is 3.28. The normalized spacial score (nSPS) is 13.0. The van der Waals surface area contributed by atoms with Crippen molar-refractivity contribution in [3.05, 3.63) is 65.6 Å². The number of amides is 1. The maximum absolute atomic E-state index is 8.58. The maximum Gasteiger partial charge on any atom is 0.204 e. The molecule has 1 saturated carbocycles. The van der Waals surface area contributed by atoms with Crippen LogP contribution in [0.4, 0.5) is 0 Å². The highest BCUT2D eigenvalue weighted by Gasteiger charge is 2.24. The van der Waals surface area contributed by atoms with Gasteiger partial charge in [0.15, 0.2) is 0 Å². The fourth-order valence-corrected chi connectivity index (χ4v) is 3.28. The fraction of sp³-hybridized carbons (Fsp3) is 0.217. The molecular weight excluding hydrogens is 390 g/mol. The number of benzene rings is 1. The molecule has 1 aliphatic rings. The minimum absolute atomic E-state index is 0.250. The number of aryl methyl sites for hydroxylation is 1. The van der Waals surface area contributed by atoms with E-state index in [4.69, 9.17) is 10.2 Å². The van der Waals surface area contributed by atoms with E-state index in [-0.39, 0.29) is 6.41 Å².